The third kappa shape index (κ3) is 6.89. The van der Waals surface area contributed by atoms with Gasteiger partial charge in [-0.25, -0.2) is 0 Å². The van der Waals surface area contributed by atoms with Crippen LogP contribution in [-0.2, 0) is 13.1 Å². The summed E-state index contributed by atoms with van der Waals surface area (Å²) in [5, 5.41) is 10.1. The van der Waals surface area contributed by atoms with Crippen molar-refractivity contribution in [2.45, 2.75) is 13.1 Å². The number of fused-ring (bicyclic) bond motifs is 9. The fraction of sp³-hybridized carbons (Fsp3) is 0.0588. The third-order valence-electron chi connectivity index (χ3n) is 14.7. The fourth-order valence-electron chi connectivity index (χ4n) is 11.8. The lowest BCUT2D eigenvalue weighted by Crippen LogP contribution is -2.37. The van der Waals surface area contributed by atoms with Crippen molar-refractivity contribution in [1.29, 1.82) is 0 Å². The standard InChI is InChI=1S/C68H50N/c1-69(2)43-63-61(65-55-37-21-19-35-53(55)57(45-23-7-3-8-24-45)41-59(65)47-27-11-5-12-28-47)39-49-31-15-17-33-51(49)67(63)68-52-34-18-16-32-50(52)40-62(64(68)44-69)66-56-38-22-20-36-54(56)58(46-25-9-4-10-26-46)42-60(66)48-29-13-6-14-30-48/h3-42H,43-44H2,1-2H3/q+1. The van der Waals surface area contributed by atoms with Gasteiger partial charge in [-0.2, -0.15) is 0 Å². The molecule has 13 rings (SSSR count). The van der Waals surface area contributed by atoms with Crippen LogP contribution < -0.4 is 0 Å². The molecule has 326 valence electrons. The van der Waals surface area contributed by atoms with Crippen LogP contribution in [0.25, 0.3) is 121 Å². The lowest BCUT2D eigenvalue weighted by Gasteiger charge is -2.31. The topological polar surface area (TPSA) is 0 Å². The molecule has 0 saturated heterocycles. The molecular weight excluding hydrogens is 831 g/mol. The van der Waals surface area contributed by atoms with Crippen LogP contribution in [0.2, 0.25) is 0 Å². The molecule has 1 aliphatic rings. The van der Waals surface area contributed by atoms with Gasteiger partial charge in [0.25, 0.3) is 0 Å². The normalized spacial score (nSPS) is 13.1. The molecule has 0 amide bonds. The number of rotatable bonds is 6. The SMILES string of the molecule is C[N+]1(C)Cc2c(-c3c(-c4ccccc4)cc(-c4ccccc4)c4ccccc34)cc3ccccc3c2-c2c(c(-c3c(-c4ccccc4)cc(-c4ccccc4)c4ccccc34)cc3ccccc23)C1. The van der Waals surface area contributed by atoms with Gasteiger partial charge in [-0.3, -0.25) is 0 Å². The number of nitrogens with zero attached hydrogens (tertiary/aromatic N) is 1. The molecular formula is C68H50N+. The molecule has 12 aromatic carbocycles. The molecule has 0 bridgehead atoms. The smallest absolute Gasteiger partial charge is 0.105 e. The maximum Gasteiger partial charge on any atom is 0.105 e. The summed E-state index contributed by atoms with van der Waals surface area (Å²) in [7, 11) is 4.89. The molecule has 1 heteroatoms. The molecule has 69 heavy (non-hydrogen) atoms. The largest absolute Gasteiger partial charge is 0.321 e. The Morgan fingerprint density at radius 2 is 0.536 bits per heavy atom. The van der Waals surface area contributed by atoms with Crippen molar-refractivity contribution >= 4 is 43.1 Å². The zero-order valence-electron chi connectivity index (χ0n) is 39.0. The van der Waals surface area contributed by atoms with E-state index >= 15 is 0 Å². The summed E-state index contributed by atoms with van der Waals surface area (Å²) in [6.07, 6.45) is 0. The highest BCUT2D eigenvalue weighted by atomic mass is 15.3. The number of benzene rings is 12. The van der Waals surface area contributed by atoms with E-state index in [1.54, 1.807) is 0 Å². The average molecular weight is 881 g/mol. The van der Waals surface area contributed by atoms with Gasteiger partial charge in [-0.1, -0.05) is 218 Å². The first-order chi connectivity index (χ1) is 34.0. The lowest BCUT2D eigenvalue weighted by atomic mass is 9.78. The molecule has 0 N–H and O–H groups in total. The van der Waals surface area contributed by atoms with E-state index in [0.29, 0.717) is 0 Å². The lowest BCUT2D eigenvalue weighted by molar-refractivity contribution is -0.916. The monoisotopic (exact) mass is 880 g/mol. The van der Waals surface area contributed by atoms with E-state index in [1.165, 1.54) is 132 Å². The molecule has 0 aromatic heterocycles. The van der Waals surface area contributed by atoms with Gasteiger partial charge >= 0.3 is 0 Å². The first-order valence-electron chi connectivity index (χ1n) is 24.2. The van der Waals surface area contributed by atoms with Crippen molar-refractivity contribution in [3.05, 3.63) is 254 Å². The van der Waals surface area contributed by atoms with Crippen molar-refractivity contribution in [2.75, 3.05) is 14.1 Å². The highest BCUT2D eigenvalue weighted by Gasteiger charge is 2.35. The second-order valence-corrected chi connectivity index (χ2v) is 19.5. The van der Waals surface area contributed by atoms with Crippen molar-refractivity contribution in [2.24, 2.45) is 0 Å². The number of hydrogen-bond donors (Lipinski definition) is 0. The summed E-state index contributed by atoms with van der Waals surface area (Å²) in [6, 6.07) is 90.5. The summed E-state index contributed by atoms with van der Waals surface area (Å²) in [5.41, 5.74) is 20.5. The summed E-state index contributed by atoms with van der Waals surface area (Å²) >= 11 is 0. The van der Waals surface area contributed by atoms with Crippen molar-refractivity contribution in [3.8, 4) is 77.9 Å². The molecule has 1 nitrogen and oxygen atoms in total. The quantitative estimate of drug-likeness (QED) is 0.146. The Kier molecular flexibility index (Phi) is 9.75. The Hall–Kier alpha value is -8.36. The van der Waals surface area contributed by atoms with Gasteiger partial charge < -0.3 is 4.48 Å². The number of hydrogen-bond acceptors (Lipinski definition) is 0. The Balaban J connectivity index is 1.20. The zero-order valence-corrected chi connectivity index (χ0v) is 39.0. The Bertz CT molecular complexity index is 3680. The molecule has 0 spiro atoms. The maximum absolute atomic E-state index is 2.52. The Labute approximate surface area is 404 Å². The highest BCUT2D eigenvalue weighted by molar-refractivity contribution is 6.18. The zero-order chi connectivity index (χ0) is 46.1. The third-order valence-corrected chi connectivity index (χ3v) is 14.7. The molecule has 0 fully saturated rings. The predicted molar refractivity (Wildman–Crippen MR) is 294 cm³/mol. The molecule has 1 heterocycles. The van der Waals surface area contributed by atoms with Gasteiger partial charge in [0.1, 0.15) is 13.1 Å². The minimum Gasteiger partial charge on any atom is -0.321 e. The summed E-state index contributed by atoms with van der Waals surface area (Å²) in [5.74, 6) is 0. The van der Waals surface area contributed by atoms with Crippen molar-refractivity contribution in [3.63, 3.8) is 0 Å². The number of quaternary nitrogens is 1. The first-order valence-corrected chi connectivity index (χ1v) is 24.2. The minimum absolute atomic E-state index is 0.776. The van der Waals surface area contributed by atoms with E-state index in [2.05, 4.69) is 257 Å². The van der Waals surface area contributed by atoms with E-state index in [0.717, 1.165) is 17.6 Å². The van der Waals surface area contributed by atoms with Crippen LogP contribution in [0.1, 0.15) is 11.1 Å². The van der Waals surface area contributed by atoms with E-state index in [9.17, 15) is 0 Å². The van der Waals surface area contributed by atoms with E-state index < -0.39 is 0 Å². The van der Waals surface area contributed by atoms with Crippen LogP contribution in [0.4, 0.5) is 0 Å². The van der Waals surface area contributed by atoms with Gasteiger partial charge in [-0.05, 0) is 134 Å². The van der Waals surface area contributed by atoms with Crippen molar-refractivity contribution in [1.82, 2.24) is 0 Å². The molecule has 0 saturated carbocycles. The van der Waals surface area contributed by atoms with Gasteiger partial charge in [0.2, 0.25) is 0 Å². The summed E-state index contributed by atoms with van der Waals surface area (Å²) < 4.78 is 0.776. The molecule has 1 aliphatic heterocycles. The second kappa shape index (κ2) is 16.5. The Morgan fingerprint density at radius 1 is 0.246 bits per heavy atom. The average Bonchev–Trinajstić information content (AvgIpc) is 3.54. The summed E-state index contributed by atoms with van der Waals surface area (Å²) in [4.78, 5) is 0. The van der Waals surface area contributed by atoms with Crippen LogP contribution in [0.3, 0.4) is 0 Å². The fourth-order valence-corrected chi connectivity index (χ4v) is 11.8. The molecule has 0 atom stereocenters. The first kappa shape index (κ1) is 40.9. The van der Waals surface area contributed by atoms with Gasteiger partial charge in [0, 0.05) is 22.3 Å². The van der Waals surface area contributed by atoms with Gasteiger partial charge in [0.15, 0.2) is 0 Å². The predicted octanol–water partition coefficient (Wildman–Crippen LogP) is 18.1. The minimum atomic E-state index is 0.776. The molecule has 0 radical (unpaired) electrons. The van der Waals surface area contributed by atoms with E-state index in [-0.39, 0.29) is 0 Å². The molecule has 0 aliphatic carbocycles. The van der Waals surface area contributed by atoms with Crippen LogP contribution in [0.15, 0.2) is 243 Å². The Morgan fingerprint density at radius 3 is 0.899 bits per heavy atom. The van der Waals surface area contributed by atoms with E-state index in [4.69, 9.17) is 0 Å². The van der Waals surface area contributed by atoms with Crippen LogP contribution in [0, 0.1) is 0 Å². The highest BCUT2D eigenvalue weighted by Crippen LogP contribution is 2.54. The molecule has 0 unspecified atom stereocenters. The maximum atomic E-state index is 2.52. The summed E-state index contributed by atoms with van der Waals surface area (Å²) in [6.45, 7) is 1.69. The van der Waals surface area contributed by atoms with Crippen molar-refractivity contribution < 1.29 is 4.48 Å². The van der Waals surface area contributed by atoms with Crippen LogP contribution in [0.5, 0.6) is 0 Å². The van der Waals surface area contributed by atoms with Gasteiger partial charge in [-0.15, -0.1) is 0 Å². The van der Waals surface area contributed by atoms with Crippen LogP contribution >= 0.6 is 0 Å². The van der Waals surface area contributed by atoms with E-state index in [1.807, 2.05) is 0 Å². The van der Waals surface area contributed by atoms with Gasteiger partial charge in [0.05, 0.1) is 14.1 Å². The second-order valence-electron chi connectivity index (χ2n) is 19.5. The van der Waals surface area contributed by atoms with Crippen LogP contribution in [-0.4, -0.2) is 18.6 Å². The molecule has 12 aromatic rings.